The average Bonchev–Trinajstić information content (AvgIpc) is 2.57. The van der Waals surface area contributed by atoms with Crippen molar-refractivity contribution in [3.63, 3.8) is 0 Å². The van der Waals surface area contributed by atoms with E-state index in [1.807, 2.05) is 43.3 Å². The summed E-state index contributed by atoms with van der Waals surface area (Å²) in [6, 6.07) is 13.1. The predicted octanol–water partition coefficient (Wildman–Crippen LogP) is 5.48. The molecule has 2 aromatic rings. The fourth-order valence-corrected chi connectivity index (χ4v) is 2.28. The number of carbonyl (C=O) groups excluding carboxylic acids is 1. The number of rotatable bonds is 7. The van der Waals surface area contributed by atoms with Crippen LogP contribution in [0.25, 0.3) is 6.08 Å². The minimum atomic E-state index is -0.210. The second kappa shape index (κ2) is 9.14. The fraction of sp³-hybridized carbons (Fsp3) is 0.250. The number of para-hydroxylation sites is 1. The fourth-order valence-electron chi connectivity index (χ4n) is 2.10. The Morgan fingerprint density at radius 1 is 1.25 bits per heavy atom. The standard InChI is InChI=1S/C20H22ClNO2/c1-3-4-13-24-19-8-6-5-7-16(19)10-12-20(23)22-17-11-9-15(2)18(21)14-17/h5-12,14H,3-4,13H2,1-2H3,(H,22,23)/b12-10+. The molecule has 0 aromatic heterocycles. The van der Waals surface area contributed by atoms with Crippen molar-refractivity contribution in [2.24, 2.45) is 0 Å². The van der Waals surface area contributed by atoms with Crippen LogP contribution in [0.1, 0.15) is 30.9 Å². The lowest BCUT2D eigenvalue weighted by Crippen LogP contribution is -2.07. The van der Waals surface area contributed by atoms with E-state index in [1.54, 1.807) is 12.1 Å². The number of aryl methyl sites for hydroxylation is 1. The molecule has 1 amide bonds. The number of unbranched alkanes of at least 4 members (excludes halogenated alkanes) is 1. The Kier molecular flexibility index (Phi) is 6.89. The first kappa shape index (κ1) is 18.1. The Labute approximate surface area is 148 Å². The largest absolute Gasteiger partial charge is 0.493 e. The molecule has 0 bridgehead atoms. The van der Waals surface area contributed by atoms with Crippen LogP contribution < -0.4 is 10.1 Å². The van der Waals surface area contributed by atoms with Gasteiger partial charge in [0.25, 0.3) is 0 Å². The van der Waals surface area contributed by atoms with Crippen LogP contribution in [0.15, 0.2) is 48.5 Å². The van der Waals surface area contributed by atoms with Gasteiger partial charge in [-0.15, -0.1) is 0 Å². The molecule has 0 aliphatic heterocycles. The van der Waals surface area contributed by atoms with Crippen molar-refractivity contribution in [2.45, 2.75) is 26.7 Å². The molecule has 0 spiro atoms. The first-order valence-corrected chi connectivity index (χ1v) is 8.45. The number of carbonyl (C=O) groups is 1. The minimum Gasteiger partial charge on any atom is -0.493 e. The van der Waals surface area contributed by atoms with Gasteiger partial charge in [0.15, 0.2) is 0 Å². The van der Waals surface area contributed by atoms with Crippen LogP contribution in [-0.2, 0) is 4.79 Å². The number of benzene rings is 2. The van der Waals surface area contributed by atoms with Gasteiger partial charge in [-0.2, -0.15) is 0 Å². The van der Waals surface area contributed by atoms with Crippen LogP contribution in [0.3, 0.4) is 0 Å². The third kappa shape index (κ3) is 5.43. The van der Waals surface area contributed by atoms with Gasteiger partial charge >= 0.3 is 0 Å². The van der Waals surface area contributed by atoms with Gasteiger partial charge in [-0.25, -0.2) is 0 Å². The number of ether oxygens (including phenoxy) is 1. The molecule has 0 saturated heterocycles. The first-order chi connectivity index (χ1) is 11.6. The zero-order chi connectivity index (χ0) is 17.4. The zero-order valence-electron chi connectivity index (χ0n) is 14.0. The molecule has 24 heavy (non-hydrogen) atoms. The summed E-state index contributed by atoms with van der Waals surface area (Å²) in [5, 5.41) is 3.43. The van der Waals surface area contributed by atoms with E-state index in [9.17, 15) is 4.79 Å². The molecule has 0 radical (unpaired) electrons. The van der Waals surface area contributed by atoms with Gasteiger partial charge in [0, 0.05) is 22.3 Å². The highest BCUT2D eigenvalue weighted by Crippen LogP contribution is 2.21. The Bertz CT molecular complexity index is 725. The van der Waals surface area contributed by atoms with Crippen molar-refractivity contribution in [3.8, 4) is 5.75 Å². The molecule has 2 rings (SSSR count). The maximum absolute atomic E-state index is 12.1. The molecule has 0 aliphatic carbocycles. The predicted molar refractivity (Wildman–Crippen MR) is 101 cm³/mol. The van der Waals surface area contributed by atoms with Crippen molar-refractivity contribution < 1.29 is 9.53 Å². The van der Waals surface area contributed by atoms with Gasteiger partial charge in [0.05, 0.1) is 6.61 Å². The van der Waals surface area contributed by atoms with Crippen molar-refractivity contribution in [2.75, 3.05) is 11.9 Å². The van der Waals surface area contributed by atoms with E-state index in [0.29, 0.717) is 17.3 Å². The SMILES string of the molecule is CCCCOc1ccccc1/C=C/C(=O)Nc1ccc(C)c(Cl)c1. The lowest BCUT2D eigenvalue weighted by atomic mass is 10.2. The van der Waals surface area contributed by atoms with Crippen LogP contribution in [-0.4, -0.2) is 12.5 Å². The van der Waals surface area contributed by atoms with E-state index in [1.165, 1.54) is 6.08 Å². The molecule has 1 N–H and O–H groups in total. The van der Waals surface area contributed by atoms with E-state index >= 15 is 0 Å². The van der Waals surface area contributed by atoms with Gasteiger partial charge in [-0.1, -0.05) is 49.2 Å². The highest BCUT2D eigenvalue weighted by atomic mass is 35.5. The van der Waals surface area contributed by atoms with Crippen LogP contribution >= 0.6 is 11.6 Å². The molecule has 0 fully saturated rings. The van der Waals surface area contributed by atoms with Gasteiger partial charge in [-0.3, -0.25) is 4.79 Å². The molecule has 0 heterocycles. The normalized spacial score (nSPS) is 10.8. The smallest absolute Gasteiger partial charge is 0.248 e. The summed E-state index contributed by atoms with van der Waals surface area (Å²) in [4.78, 5) is 12.1. The van der Waals surface area contributed by atoms with Gasteiger partial charge in [-0.05, 0) is 43.2 Å². The highest BCUT2D eigenvalue weighted by molar-refractivity contribution is 6.31. The molecule has 0 saturated carbocycles. The number of anilines is 1. The lowest BCUT2D eigenvalue weighted by molar-refractivity contribution is -0.111. The summed E-state index contributed by atoms with van der Waals surface area (Å²) in [6.45, 7) is 4.72. The van der Waals surface area contributed by atoms with E-state index in [2.05, 4.69) is 12.2 Å². The molecular formula is C20H22ClNO2. The maximum atomic E-state index is 12.1. The molecule has 0 aliphatic rings. The molecule has 0 unspecified atom stereocenters. The lowest BCUT2D eigenvalue weighted by Gasteiger charge is -2.08. The minimum absolute atomic E-state index is 0.210. The van der Waals surface area contributed by atoms with Crippen LogP contribution in [0, 0.1) is 6.92 Å². The Balaban J connectivity index is 2.01. The first-order valence-electron chi connectivity index (χ1n) is 8.07. The Hall–Kier alpha value is -2.26. The second-order valence-corrected chi connectivity index (χ2v) is 5.93. The van der Waals surface area contributed by atoms with E-state index < -0.39 is 0 Å². The van der Waals surface area contributed by atoms with E-state index in [0.717, 1.165) is 29.7 Å². The van der Waals surface area contributed by atoms with Crippen LogP contribution in [0.2, 0.25) is 5.02 Å². The quantitative estimate of drug-likeness (QED) is 0.534. The summed E-state index contributed by atoms with van der Waals surface area (Å²) < 4.78 is 5.76. The number of amides is 1. The topological polar surface area (TPSA) is 38.3 Å². The van der Waals surface area contributed by atoms with Crippen molar-refractivity contribution in [1.29, 1.82) is 0 Å². The number of hydrogen-bond donors (Lipinski definition) is 1. The second-order valence-electron chi connectivity index (χ2n) is 5.53. The van der Waals surface area contributed by atoms with Crippen molar-refractivity contribution >= 4 is 29.3 Å². The van der Waals surface area contributed by atoms with Crippen molar-refractivity contribution in [3.05, 3.63) is 64.7 Å². The molecular weight excluding hydrogens is 322 g/mol. The Morgan fingerprint density at radius 2 is 2.04 bits per heavy atom. The number of nitrogens with one attached hydrogen (secondary N) is 1. The van der Waals surface area contributed by atoms with E-state index in [-0.39, 0.29) is 5.91 Å². The van der Waals surface area contributed by atoms with Crippen LogP contribution in [0.4, 0.5) is 5.69 Å². The molecule has 126 valence electrons. The number of hydrogen-bond acceptors (Lipinski definition) is 2. The number of halogens is 1. The summed E-state index contributed by atoms with van der Waals surface area (Å²) in [5.41, 5.74) is 2.53. The summed E-state index contributed by atoms with van der Waals surface area (Å²) in [6.07, 6.45) is 5.34. The highest BCUT2D eigenvalue weighted by Gasteiger charge is 2.03. The molecule has 0 atom stereocenters. The average molecular weight is 344 g/mol. The summed E-state index contributed by atoms with van der Waals surface area (Å²) in [5.74, 6) is 0.576. The summed E-state index contributed by atoms with van der Waals surface area (Å²) >= 11 is 6.07. The van der Waals surface area contributed by atoms with Crippen LogP contribution in [0.5, 0.6) is 5.75 Å². The zero-order valence-corrected chi connectivity index (χ0v) is 14.8. The third-order valence-electron chi connectivity index (χ3n) is 3.53. The Morgan fingerprint density at radius 3 is 2.79 bits per heavy atom. The van der Waals surface area contributed by atoms with Gasteiger partial charge in [0.2, 0.25) is 5.91 Å². The van der Waals surface area contributed by atoms with Gasteiger partial charge < -0.3 is 10.1 Å². The molecule has 4 heteroatoms. The molecule has 3 nitrogen and oxygen atoms in total. The molecule has 2 aromatic carbocycles. The maximum Gasteiger partial charge on any atom is 0.248 e. The van der Waals surface area contributed by atoms with Crippen molar-refractivity contribution in [1.82, 2.24) is 0 Å². The summed E-state index contributed by atoms with van der Waals surface area (Å²) in [7, 11) is 0. The van der Waals surface area contributed by atoms with E-state index in [4.69, 9.17) is 16.3 Å². The monoisotopic (exact) mass is 343 g/mol. The third-order valence-corrected chi connectivity index (χ3v) is 3.94. The van der Waals surface area contributed by atoms with Gasteiger partial charge in [0.1, 0.15) is 5.75 Å².